The molecule has 92 valence electrons. The second-order valence-electron chi connectivity index (χ2n) is 4.34. The number of rotatable bonds is 4. The summed E-state index contributed by atoms with van der Waals surface area (Å²) < 4.78 is 13.8. The molecule has 1 aliphatic rings. The Morgan fingerprint density at radius 2 is 2.24 bits per heavy atom. The first kappa shape index (κ1) is 12.0. The van der Waals surface area contributed by atoms with Gasteiger partial charge in [-0.05, 0) is 24.6 Å². The van der Waals surface area contributed by atoms with E-state index in [4.69, 9.17) is 0 Å². The first-order valence-corrected chi connectivity index (χ1v) is 5.92. The minimum Gasteiger partial charge on any atom is -0.314 e. The van der Waals surface area contributed by atoms with Crippen LogP contribution in [-0.4, -0.2) is 19.5 Å². The van der Waals surface area contributed by atoms with Crippen LogP contribution in [0, 0.1) is 5.82 Å². The number of carbonyl (C=O) groups is 1. The van der Waals surface area contributed by atoms with Crippen molar-refractivity contribution < 1.29 is 9.18 Å². The lowest BCUT2D eigenvalue weighted by Gasteiger charge is -2.16. The molecule has 2 rings (SSSR count). The van der Waals surface area contributed by atoms with Crippen LogP contribution in [0.15, 0.2) is 12.1 Å². The molecular formula is C13H17FN2O. The zero-order chi connectivity index (χ0) is 12.4. The summed E-state index contributed by atoms with van der Waals surface area (Å²) in [5.74, 6) is -0.212. The number of hydrogen-bond acceptors (Lipinski definition) is 2. The number of nitrogens with one attached hydrogen (secondary N) is 1. The van der Waals surface area contributed by atoms with Crippen LogP contribution in [0.3, 0.4) is 0 Å². The fourth-order valence-corrected chi connectivity index (χ4v) is 2.19. The highest BCUT2D eigenvalue weighted by Crippen LogP contribution is 2.33. The van der Waals surface area contributed by atoms with Gasteiger partial charge in [0.25, 0.3) is 0 Å². The van der Waals surface area contributed by atoms with E-state index in [0.29, 0.717) is 18.5 Å². The van der Waals surface area contributed by atoms with Crippen molar-refractivity contribution in [2.45, 2.75) is 26.3 Å². The topological polar surface area (TPSA) is 32.3 Å². The molecule has 1 aromatic rings. The number of fused-ring (bicyclic) bond motifs is 1. The van der Waals surface area contributed by atoms with Crippen LogP contribution >= 0.6 is 0 Å². The van der Waals surface area contributed by atoms with Crippen molar-refractivity contribution in [2.24, 2.45) is 0 Å². The molecule has 0 radical (unpaired) electrons. The maximum atomic E-state index is 13.8. The average Bonchev–Trinajstić information content (AvgIpc) is 2.59. The molecule has 3 nitrogen and oxygen atoms in total. The van der Waals surface area contributed by atoms with Crippen LogP contribution in [0.1, 0.15) is 24.5 Å². The van der Waals surface area contributed by atoms with Gasteiger partial charge in [0.2, 0.25) is 5.91 Å². The van der Waals surface area contributed by atoms with E-state index in [2.05, 4.69) is 12.2 Å². The monoisotopic (exact) mass is 236 g/mol. The summed E-state index contributed by atoms with van der Waals surface area (Å²) in [6.45, 7) is 3.38. The maximum absolute atomic E-state index is 13.8. The van der Waals surface area contributed by atoms with E-state index in [1.165, 1.54) is 6.07 Å². The zero-order valence-corrected chi connectivity index (χ0v) is 10.2. The van der Waals surface area contributed by atoms with Gasteiger partial charge in [0.1, 0.15) is 5.82 Å². The normalized spacial score (nSPS) is 14.3. The van der Waals surface area contributed by atoms with Gasteiger partial charge in [-0.1, -0.05) is 13.0 Å². The number of nitrogens with zero attached hydrogens (tertiary/aromatic N) is 1. The Hall–Kier alpha value is -1.42. The van der Waals surface area contributed by atoms with Crippen molar-refractivity contribution in [1.29, 1.82) is 0 Å². The predicted molar refractivity (Wildman–Crippen MR) is 65.5 cm³/mol. The van der Waals surface area contributed by atoms with Crippen molar-refractivity contribution >= 4 is 11.6 Å². The lowest BCUT2D eigenvalue weighted by Crippen LogP contribution is -2.23. The molecular weight excluding hydrogens is 219 g/mol. The molecule has 0 fully saturated rings. The molecule has 1 aromatic carbocycles. The molecule has 0 saturated carbocycles. The van der Waals surface area contributed by atoms with Crippen molar-refractivity contribution in [3.63, 3.8) is 0 Å². The molecule has 0 aromatic heterocycles. The Balaban J connectivity index is 2.31. The highest BCUT2D eigenvalue weighted by Gasteiger charge is 2.27. The van der Waals surface area contributed by atoms with Gasteiger partial charge < -0.3 is 10.2 Å². The maximum Gasteiger partial charge on any atom is 0.231 e. The van der Waals surface area contributed by atoms with E-state index in [-0.39, 0.29) is 11.7 Å². The van der Waals surface area contributed by atoms with Crippen molar-refractivity contribution in [1.82, 2.24) is 5.32 Å². The molecule has 0 atom stereocenters. The molecule has 1 aliphatic heterocycles. The highest BCUT2D eigenvalue weighted by molar-refractivity contribution is 6.01. The number of amides is 1. The van der Waals surface area contributed by atoms with Crippen LogP contribution in [0.2, 0.25) is 0 Å². The van der Waals surface area contributed by atoms with Crippen molar-refractivity contribution in [2.75, 3.05) is 18.5 Å². The van der Waals surface area contributed by atoms with E-state index >= 15 is 0 Å². The average molecular weight is 236 g/mol. The summed E-state index contributed by atoms with van der Waals surface area (Å²) in [4.78, 5) is 13.2. The third kappa shape index (κ3) is 2.17. The third-order valence-corrected chi connectivity index (χ3v) is 3.09. The minimum absolute atomic E-state index is 0.0299. The summed E-state index contributed by atoms with van der Waals surface area (Å²) >= 11 is 0. The molecule has 4 heteroatoms. The molecule has 0 unspecified atom stereocenters. The van der Waals surface area contributed by atoms with Gasteiger partial charge in [-0.2, -0.15) is 0 Å². The van der Waals surface area contributed by atoms with E-state index in [1.54, 1.807) is 18.0 Å². The van der Waals surface area contributed by atoms with Crippen molar-refractivity contribution in [3.05, 3.63) is 29.1 Å². The van der Waals surface area contributed by atoms with Gasteiger partial charge in [-0.15, -0.1) is 0 Å². The summed E-state index contributed by atoms with van der Waals surface area (Å²) in [6, 6.07) is 3.16. The number of anilines is 1. The number of carbonyl (C=O) groups excluding carboxylic acids is 1. The van der Waals surface area contributed by atoms with E-state index < -0.39 is 0 Å². The van der Waals surface area contributed by atoms with Crippen LogP contribution in [0.5, 0.6) is 0 Å². The van der Waals surface area contributed by atoms with Gasteiger partial charge >= 0.3 is 0 Å². The SMILES string of the molecule is CCCNCc1c(F)ccc2c1N(C)C(=O)C2. The summed E-state index contributed by atoms with van der Waals surface area (Å²) in [7, 11) is 1.71. The number of halogens is 1. The second-order valence-corrected chi connectivity index (χ2v) is 4.34. The minimum atomic E-state index is -0.242. The van der Waals surface area contributed by atoms with Crippen molar-refractivity contribution in [3.8, 4) is 0 Å². The fourth-order valence-electron chi connectivity index (χ4n) is 2.19. The first-order valence-electron chi connectivity index (χ1n) is 5.92. The zero-order valence-electron chi connectivity index (χ0n) is 10.2. The van der Waals surface area contributed by atoms with Gasteiger partial charge in [0, 0.05) is 19.2 Å². The lowest BCUT2D eigenvalue weighted by molar-refractivity contribution is -0.117. The first-order chi connectivity index (χ1) is 8.15. The summed E-state index contributed by atoms with van der Waals surface area (Å²) in [5.41, 5.74) is 2.27. The molecule has 17 heavy (non-hydrogen) atoms. The van der Waals surface area contributed by atoms with E-state index in [1.807, 2.05) is 0 Å². The third-order valence-electron chi connectivity index (χ3n) is 3.09. The van der Waals surface area contributed by atoms with Gasteiger partial charge in [-0.3, -0.25) is 4.79 Å². The second kappa shape index (κ2) is 4.84. The number of likely N-dealkylation sites (N-methyl/N-ethyl adjacent to an activating group) is 1. The van der Waals surface area contributed by atoms with Crippen LogP contribution in [-0.2, 0) is 17.8 Å². The Labute approximate surface area is 101 Å². The lowest BCUT2D eigenvalue weighted by atomic mass is 10.1. The summed E-state index contributed by atoms with van der Waals surface area (Å²) in [5, 5.41) is 3.18. The molecule has 1 amide bonds. The molecule has 1 N–H and O–H groups in total. The standard InChI is InChI=1S/C13H17FN2O/c1-3-6-15-8-10-11(14)5-4-9-7-12(17)16(2)13(9)10/h4-5,15H,3,6-8H2,1-2H3. The van der Waals surface area contributed by atoms with E-state index in [9.17, 15) is 9.18 Å². The van der Waals surface area contributed by atoms with Gasteiger partial charge in [-0.25, -0.2) is 4.39 Å². The number of hydrogen-bond donors (Lipinski definition) is 1. The van der Waals surface area contributed by atoms with E-state index in [0.717, 1.165) is 24.2 Å². The van der Waals surface area contributed by atoms with Crippen LogP contribution in [0.4, 0.5) is 10.1 Å². The molecule has 0 spiro atoms. The quantitative estimate of drug-likeness (QED) is 0.809. The molecule has 0 saturated heterocycles. The fraction of sp³-hybridized carbons (Fsp3) is 0.462. The summed E-state index contributed by atoms with van der Waals surface area (Å²) in [6.07, 6.45) is 1.39. The predicted octanol–water partition coefficient (Wildman–Crippen LogP) is 1.84. The molecule has 1 heterocycles. The Kier molecular flexibility index (Phi) is 3.43. The molecule has 0 aliphatic carbocycles. The molecule has 0 bridgehead atoms. The van der Waals surface area contributed by atoms with Crippen LogP contribution < -0.4 is 10.2 Å². The Morgan fingerprint density at radius 1 is 1.47 bits per heavy atom. The Morgan fingerprint density at radius 3 is 2.94 bits per heavy atom. The Bertz CT molecular complexity index is 445. The van der Waals surface area contributed by atoms with Gasteiger partial charge in [0.15, 0.2) is 0 Å². The van der Waals surface area contributed by atoms with Gasteiger partial charge in [0.05, 0.1) is 12.1 Å². The number of benzene rings is 1. The van der Waals surface area contributed by atoms with Crippen LogP contribution in [0.25, 0.3) is 0 Å². The smallest absolute Gasteiger partial charge is 0.231 e. The largest absolute Gasteiger partial charge is 0.314 e. The highest BCUT2D eigenvalue weighted by atomic mass is 19.1.